The van der Waals surface area contributed by atoms with E-state index in [0.29, 0.717) is 12.2 Å². The van der Waals surface area contributed by atoms with Crippen LogP contribution < -0.4 is 26.4 Å². The Morgan fingerprint density at radius 3 is 0.896 bits per heavy atom. The summed E-state index contributed by atoms with van der Waals surface area (Å²) in [6.45, 7) is 3.36. The van der Waals surface area contributed by atoms with Crippen LogP contribution in [0.4, 0.5) is 105 Å². The highest BCUT2D eigenvalue weighted by atomic mass is 19.4. The molecule has 0 fully saturated rings. The number of halogens is 24. The third-order valence-corrected chi connectivity index (χ3v) is 11.5. The van der Waals surface area contributed by atoms with Crippen molar-refractivity contribution in [3.05, 3.63) is 183 Å². The van der Waals surface area contributed by atoms with Crippen molar-refractivity contribution in [2.45, 2.75) is 75.7 Å². The molecule has 0 unspecified atom stereocenters. The van der Waals surface area contributed by atoms with Crippen molar-refractivity contribution >= 4 is 34.0 Å². The van der Waals surface area contributed by atoms with Crippen LogP contribution in [0.15, 0.2) is 128 Å². The van der Waals surface area contributed by atoms with E-state index >= 15 is 0 Å². The third-order valence-electron chi connectivity index (χ3n) is 11.5. The number of hydrogen-bond acceptors (Lipinski definition) is 2. The number of nitrogens with zero attached hydrogens (tertiary/aromatic N) is 1. The van der Waals surface area contributed by atoms with Gasteiger partial charge in [0.2, 0.25) is 0 Å². The van der Waals surface area contributed by atoms with Gasteiger partial charge in [-0.3, -0.25) is 0 Å². The maximum absolute atomic E-state index is 14.2. The zero-order valence-electron chi connectivity index (χ0n) is 38.4. The van der Waals surface area contributed by atoms with Crippen LogP contribution in [0, 0.1) is 0 Å². The van der Waals surface area contributed by atoms with Crippen molar-refractivity contribution < 1.29 is 119 Å². The molecule has 0 N–H and O–H groups in total. The van der Waals surface area contributed by atoms with Crippen LogP contribution in [0.2, 0.25) is 0 Å². The van der Waals surface area contributed by atoms with Gasteiger partial charge in [0, 0.05) is 17.7 Å². The summed E-state index contributed by atoms with van der Waals surface area (Å²) < 4.78 is 348. The van der Waals surface area contributed by atoms with E-state index in [1.807, 2.05) is 35.2 Å². The van der Waals surface area contributed by atoms with Crippen molar-refractivity contribution in [3.63, 3.8) is 0 Å². The monoisotopic (exact) mass is 1130 g/mol. The van der Waals surface area contributed by atoms with Gasteiger partial charge in [-0.25, -0.2) is 9.36 Å². The van der Waals surface area contributed by atoms with Crippen molar-refractivity contribution in [1.29, 1.82) is 0 Å². The van der Waals surface area contributed by atoms with Crippen LogP contribution in [-0.4, -0.2) is 18.7 Å². The Morgan fingerprint density at radius 1 is 0.403 bits per heavy atom. The fraction of sp³-hybridized carbons (Fsp3) is 0.265. The summed E-state index contributed by atoms with van der Waals surface area (Å²) in [6, 6.07) is 5.01. The second-order valence-corrected chi connectivity index (χ2v) is 17.0. The fourth-order valence-corrected chi connectivity index (χ4v) is 7.96. The highest BCUT2D eigenvalue weighted by Crippen LogP contribution is 2.41. The number of ether oxygens (including phenoxy) is 1. The molecule has 6 aromatic rings. The minimum atomic E-state index is -6.13. The largest absolute Gasteiger partial charge is 0.462 e. The quantitative estimate of drug-likeness (QED) is 0.0450. The molecular formula is C49H32BF24NO2. The molecule has 1 aromatic heterocycles. The van der Waals surface area contributed by atoms with Crippen molar-refractivity contribution in [3.8, 4) is 0 Å². The van der Waals surface area contributed by atoms with Gasteiger partial charge in [0.25, 0.3) is 0 Å². The van der Waals surface area contributed by atoms with Crippen molar-refractivity contribution in [2.75, 3.05) is 6.61 Å². The Balaban J connectivity index is 0.000000455. The summed E-state index contributed by atoms with van der Waals surface area (Å²) in [6.07, 6.45) is -49.1. The number of esters is 1. The summed E-state index contributed by atoms with van der Waals surface area (Å²) in [4.78, 5) is 11.8. The summed E-state index contributed by atoms with van der Waals surface area (Å²) in [7, 11) is 0. The maximum atomic E-state index is 14.2. The molecule has 28 heteroatoms. The molecule has 0 atom stereocenters. The van der Waals surface area contributed by atoms with Crippen LogP contribution in [0.25, 0.3) is 0 Å². The lowest BCUT2D eigenvalue weighted by atomic mass is 9.12. The molecule has 0 saturated carbocycles. The van der Waals surface area contributed by atoms with Gasteiger partial charge in [0.05, 0.1) is 56.7 Å². The van der Waals surface area contributed by atoms with E-state index < -0.39 is 195 Å². The number of benzene rings is 5. The number of carbonyl (C=O) groups excluding carboxylic acids is 1. The Kier molecular flexibility index (Phi) is 17.3. The maximum Gasteiger partial charge on any atom is 0.416 e. The van der Waals surface area contributed by atoms with Gasteiger partial charge in [0.15, 0.2) is 18.9 Å². The molecule has 77 heavy (non-hydrogen) atoms. The molecule has 6 rings (SSSR count). The summed E-state index contributed by atoms with van der Waals surface area (Å²) >= 11 is 0. The molecule has 0 saturated heterocycles. The normalized spacial score (nSPS) is 13.3. The summed E-state index contributed by atoms with van der Waals surface area (Å²) in [5, 5.41) is 0. The predicted octanol–water partition coefficient (Wildman–Crippen LogP) is 14.2. The van der Waals surface area contributed by atoms with E-state index in [2.05, 4.69) is 19.1 Å². The number of unbranched alkanes of at least 4 members (excludes halogenated alkanes) is 1. The number of rotatable bonds is 10. The van der Waals surface area contributed by atoms with E-state index in [-0.39, 0.29) is 5.97 Å². The zero-order valence-corrected chi connectivity index (χ0v) is 38.4. The number of carbonyl (C=O) groups is 1. The first kappa shape index (κ1) is 61.0. The second kappa shape index (κ2) is 21.9. The van der Waals surface area contributed by atoms with E-state index in [4.69, 9.17) is 4.74 Å². The fourth-order valence-electron chi connectivity index (χ4n) is 7.96. The number of pyridine rings is 1. The van der Waals surface area contributed by atoms with Crippen LogP contribution in [0.5, 0.6) is 0 Å². The van der Waals surface area contributed by atoms with Gasteiger partial charge in [-0.2, -0.15) is 127 Å². The van der Waals surface area contributed by atoms with Crippen LogP contribution in [0.3, 0.4) is 0 Å². The minimum absolute atomic E-state index is 0.245. The molecule has 0 amide bonds. The first-order valence-electron chi connectivity index (χ1n) is 21.6. The van der Waals surface area contributed by atoms with E-state index in [0.717, 1.165) is 19.4 Å². The van der Waals surface area contributed by atoms with E-state index in [1.54, 1.807) is 12.1 Å². The van der Waals surface area contributed by atoms with Gasteiger partial charge < -0.3 is 4.74 Å². The average molecular weight is 1130 g/mol. The predicted molar refractivity (Wildman–Crippen MR) is 227 cm³/mol. The molecule has 3 nitrogen and oxygen atoms in total. The van der Waals surface area contributed by atoms with Gasteiger partial charge in [-0.15, -0.1) is 0 Å². The van der Waals surface area contributed by atoms with Crippen LogP contribution in [-0.2, 0) is 60.7 Å². The van der Waals surface area contributed by atoms with E-state index in [9.17, 15) is 110 Å². The first-order chi connectivity index (χ1) is 35.1. The number of alkyl halides is 24. The van der Waals surface area contributed by atoms with Crippen LogP contribution in [0.1, 0.15) is 80.2 Å². The zero-order chi connectivity index (χ0) is 58.1. The molecular weight excluding hydrogens is 1100 g/mol. The number of hydrogen-bond donors (Lipinski definition) is 0. The summed E-state index contributed by atoms with van der Waals surface area (Å²) in [5.74, 6) is -0.245. The molecule has 0 bridgehead atoms. The van der Waals surface area contributed by atoms with Crippen LogP contribution >= 0.6 is 0 Å². The van der Waals surface area contributed by atoms with Crippen molar-refractivity contribution in [2.24, 2.45) is 0 Å². The molecule has 1 heterocycles. The minimum Gasteiger partial charge on any atom is -0.462 e. The molecule has 5 aromatic carbocycles. The Bertz CT molecular complexity index is 2580. The topological polar surface area (TPSA) is 30.2 Å². The molecule has 0 aliphatic rings. The lowest BCUT2D eigenvalue weighted by Crippen LogP contribution is -2.75. The van der Waals surface area contributed by atoms with Crippen molar-refractivity contribution in [1.82, 2.24) is 0 Å². The Labute approximate surface area is 418 Å². The first-order valence-corrected chi connectivity index (χ1v) is 21.6. The van der Waals surface area contributed by atoms with Gasteiger partial charge in [-0.05, 0) is 30.7 Å². The highest BCUT2D eigenvalue weighted by Gasteiger charge is 2.47. The lowest BCUT2D eigenvalue weighted by molar-refractivity contribution is -0.688. The Hall–Kier alpha value is -6.90. The second-order valence-electron chi connectivity index (χ2n) is 17.0. The SMILES string of the molecule is CCCCOC(=O)c1cc[n+](Cc2ccccc2)cc1.FC(F)(F)c1cc([B-](c2cc(C(F)(F)F)cc(C(F)(F)F)c2)(c2cc(C(F)(F)F)cc(C(F)(F)F)c2)c2cc(C(F)(F)F)cc(C(F)(F)F)c2)cc(C(F)(F)F)c1. The average Bonchev–Trinajstić information content (AvgIpc) is 3.30. The van der Waals surface area contributed by atoms with Gasteiger partial charge >= 0.3 is 55.4 Å². The highest BCUT2D eigenvalue weighted by molar-refractivity contribution is 7.20. The van der Waals surface area contributed by atoms with E-state index in [1.165, 1.54) is 5.56 Å². The lowest BCUT2D eigenvalue weighted by Gasteiger charge is -2.46. The Morgan fingerprint density at radius 2 is 0.662 bits per heavy atom. The number of aromatic nitrogens is 1. The molecule has 0 radical (unpaired) electrons. The molecule has 0 spiro atoms. The summed E-state index contributed by atoms with van der Waals surface area (Å²) in [5.41, 5.74) is -28.4. The molecule has 0 aliphatic carbocycles. The smallest absolute Gasteiger partial charge is 0.416 e. The van der Waals surface area contributed by atoms with Gasteiger partial charge in [-0.1, -0.05) is 92.2 Å². The standard InChI is InChI=1S/C32H12BF24.C17H20NO2/c34-25(35,36)13-1-14(26(37,38)39)6-21(5-13)33(22-7-15(27(40,41)42)2-16(8-22)28(43,44)45,23-9-17(29(46,47)48)3-18(10-23)30(49,50)51)24-11-19(31(52,53)54)4-20(12-24)32(55,56)57;1-2-3-13-20-17(19)16-9-11-18(12-10-16)14-15-7-5-4-6-8-15/h1-12H;4-12H,2-3,13-14H2,1H3/q-1;+1. The molecule has 0 aliphatic heterocycles. The third kappa shape index (κ3) is 15.0. The van der Waals surface area contributed by atoms with Gasteiger partial charge in [0.1, 0.15) is 6.15 Å². The molecule has 416 valence electrons.